The number of aromatic amines is 1. The molecule has 1 atom stereocenters. The summed E-state index contributed by atoms with van der Waals surface area (Å²) in [6.45, 7) is 4.63. The van der Waals surface area contributed by atoms with E-state index >= 15 is 0 Å². The Morgan fingerprint density at radius 3 is 2.48 bits per heavy atom. The lowest BCUT2D eigenvalue weighted by Gasteiger charge is -2.12. The molecule has 1 N–H and O–H groups in total. The summed E-state index contributed by atoms with van der Waals surface area (Å²) in [4.78, 5) is 52.0. The fourth-order valence-electron chi connectivity index (χ4n) is 3.08. The van der Waals surface area contributed by atoms with Gasteiger partial charge in [-0.25, -0.2) is 9.59 Å². The van der Waals surface area contributed by atoms with Gasteiger partial charge < -0.3 is 18.9 Å². The van der Waals surface area contributed by atoms with Crippen molar-refractivity contribution in [1.29, 1.82) is 0 Å². The van der Waals surface area contributed by atoms with Crippen LogP contribution in [0.2, 0.25) is 0 Å². The molecule has 8 heteroatoms. The van der Waals surface area contributed by atoms with Crippen molar-refractivity contribution >= 4 is 28.7 Å². The van der Waals surface area contributed by atoms with Crippen LogP contribution < -0.4 is 5.43 Å². The van der Waals surface area contributed by atoms with E-state index in [0.29, 0.717) is 16.6 Å². The second-order valence-corrected chi connectivity index (χ2v) is 6.50. The molecule has 0 spiro atoms. The van der Waals surface area contributed by atoms with Gasteiger partial charge in [-0.15, -0.1) is 0 Å². The number of carbonyl (C=O) groups excluding carboxylic acids is 3. The summed E-state index contributed by atoms with van der Waals surface area (Å²) in [7, 11) is 1.25. The number of rotatable bonds is 5. The number of Topliss-reactive ketones (excluding diaryl/α,β-unsaturated/α-hetero) is 1. The molecule has 0 aliphatic carbocycles. The zero-order valence-electron chi connectivity index (χ0n) is 16.3. The molecule has 0 aliphatic heterocycles. The van der Waals surface area contributed by atoms with Crippen LogP contribution in [0.25, 0.3) is 11.0 Å². The first-order chi connectivity index (χ1) is 13.7. The fourth-order valence-corrected chi connectivity index (χ4v) is 3.08. The lowest BCUT2D eigenvalue weighted by molar-refractivity contribution is 0.0287. The topological polar surface area (TPSA) is 116 Å². The first kappa shape index (κ1) is 20.1. The van der Waals surface area contributed by atoms with Gasteiger partial charge in [-0.1, -0.05) is 12.1 Å². The van der Waals surface area contributed by atoms with Crippen LogP contribution in [-0.2, 0) is 9.47 Å². The van der Waals surface area contributed by atoms with E-state index in [2.05, 4.69) is 4.98 Å². The normalized spacial score (nSPS) is 11.9. The predicted octanol–water partition coefficient (Wildman–Crippen LogP) is 2.95. The Balaban J connectivity index is 1.84. The summed E-state index contributed by atoms with van der Waals surface area (Å²) in [6.07, 6.45) is -1.18. The van der Waals surface area contributed by atoms with E-state index in [0.717, 1.165) is 6.07 Å². The number of aromatic nitrogens is 1. The van der Waals surface area contributed by atoms with Crippen LogP contribution in [0.5, 0.6) is 0 Å². The molecular weight excluding hydrogens is 378 g/mol. The summed E-state index contributed by atoms with van der Waals surface area (Å²) in [5.41, 5.74) is 1.12. The van der Waals surface area contributed by atoms with Gasteiger partial charge in [0.2, 0.25) is 11.5 Å². The van der Waals surface area contributed by atoms with E-state index in [1.165, 1.54) is 14.0 Å². The SMILES string of the molecule is COC(=O)c1c(C)[nH]c(C(=O)[C@H](C)OC(=O)c2cc(=O)c3ccccc3o2)c1C. The number of carbonyl (C=O) groups is 3. The van der Waals surface area contributed by atoms with Crippen molar-refractivity contribution < 1.29 is 28.3 Å². The van der Waals surface area contributed by atoms with Gasteiger partial charge in [-0.05, 0) is 38.5 Å². The van der Waals surface area contributed by atoms with Crippen molar-refractivity contribution in [3.63, 3.8) is 0 Å². The molecule has 3 rings (SSSR count). The number of ketones is 1. The first-order valence-electron chi connectivity index (χ1n) is 8.80. The standard InChI is InChI=1S/C21H19NO7/c1-10-17(21(26)27-4)11(2)22-18(10)19(24)12(3)28-20(25)16-9-14(23)13-7-5-6-8-15(13)29-16/h5-9,12,22H,1-4H3/t12-/m0/s1. The number of benzene rings is 1. The van der Waals surface area contributed by atoms with Crippen LogP contribution in [0.3, 0.4) is 0 Å². The van der Waals surface area contributed by atoms with E-state index in [-0.39, 0.29) is 22.6 Å². The number of aryl methyl sites for hydroxylation is 1. The van der Waals surface area contributed by atoms with E-state index in [1.807, 2.05) is 0 Å². The minimum atomic E-state index is -1.18. The molecule has 150 valence electrons. The van der Waals surface area contributed by atoms with E-state index in [4.69, 9.17) is 13.9 Å². The Labute approximate surface area is 165 Å². The second kappa shape index (κ2) is 7.75. The van der Waals surface area contributed by atoms with Crippen molar-refractivity contribution in [3.05, 3.63) is 68.8 Å². The maximum absolute atomic E-state index is 12.7. The first-order valence-corrected chi connectivity index (χ1v) is 8.80. The van der Waals surface area contributed by atoms with Crippen LogP contribution in [0.1, 0.15) is 49.6 Å². The van der Waals surface area contributed by atoms with Crippen molar-refractivity contribution in [2.75, 3.05) is 7.11 Å². The van der Waals surface area contributed by atoms with Crippen molar-refractivity contribution in [2.45, 2.75) is 26.9 Å². The molecule has 0 unspecified atom stereocenters. The molecule has 3 aromatic rings. The number of esters is 2. The van der Waals surface area contributed by atoms with Crippen LogP contribution in [0.15, 0.2) is 39.5 Å². The van der Waals surface area contributed by atoms with Crippen LogP contribution in [0.4, 0.5) is 0 Å². The number of H-pyrrole nitrogens is 1. The second-order valence-electron chi connectivity index (χ2n) is 6.50. The van der Waals surface area contributed by atoms with Gasteiger partial charge in [0.15, 0.2) is 11.5 Å². The molecule has 0 bridgehead atoms. The van der Waals surface area contributed by atoms with Gasteiger partial charge in [0.05, 0.1) is 23.8 Å². The van der Waals surface area contributed by atoms with Crippen molar-refractivity contribution in [1.82, 2.24) is 4.98 Å². The number of hydrogen-bond donors (Lipinski definition) is 1. The summed E-state index contributed by atoms with van der Waals surface area (Å²) >= 11 is 0. The number of para-hydroxylation sites is 1. The highest BCUT2D eigenvalue weighted by molar-refractivity contribution is 6.04. The Morgan fingerprint density at radius 2 is 1.79 bits per heavy atom. The summed E-state index contributed by atoms with van der Waals surface area (Å²) in [5, 5.41) is 0.334. The van der Waals surface area contributed by atoms with Crippen LogP contribution in [-0.4, -0.2) is 35.9 Å². The highest BCUT2D eigenvalue weighted by Crippen LogP contribution is 2.21. The zero-order valence-corrected chi connectivity index (χ0v) is 16.3. The molecule has 29 heavy (non-hydrogen) atoms. The minimum absolute atomic E-state index is 0.142. The molecule has 0 aliphatic rings. The highest BCUT2D eigenvalue weighted by atomic mass is 16.6. The lowest BCUT2D eigenvalue weighted by Crippen LogP contribution is -2.26. The number of hydrogen-bond acceptors (Lipinski definition) is 7. The molecule has 0 radical (unpaired) electrons. The monoisotopic (exact) mass is 397 g/mol. The van der Waals surface area contributed by atoms with Gasteiger partial charge >= 0.3 is 11.9 Å². The van der Waals surface area contributed by atoms with E-state index in [9.17, 15) is 19.2 Å². The minimum Gasteiger partial charge on any atom is -0.465 e. The molecule has 0 saturated heterocycles. The van der Waals surface area contributed by atoms with Gasteiger partial charge in [-0.3, -0.25) is 9.59 Å². The largest absolute Gasteiger partial charge is 0.465 e. The maximum atomic E-state index is 12.7. The third kappa shape index (κ3) is 3.69. The Hall–Kier alpha value is -3.68. The van der Waals surface area contributed by atoms with Crippen LogP contribution >= 0.6 is 0 Å². The highest BCUT2D eigenvalue weighted by Gasteiger charge is 2.28. The molecule has 0 fully saturated rings. The molecule has 8 nitrogen and oxygen atoms in total. The van der Waals surface area contributed by atoms with Gasteiger partial charge in [-0.2, -0.15) is 0 Å². The zero-order chi connectivity index (χ0) is 21.3. The quantitative estimate of drug-likeness (QED) is 0.520. The van der Waals surface area contributed by atoms with Crippen LogP contribution in [0, 0.1) is 13.8 Å². The third-order valence-electron chi connectivity index (χ3n) is 4.56. The molecule has 0 amide bonds. The fraction of sp³-hybridized carbons (Fsp3) is 0.238. The Morgan fingerprint density at radius 1 is 1.10 bits per heavy atom. The average Bonchev–Trinajstić information content (AvgIpc) is 3.00. The van der Waals surface area contributed by atoms with E-state index < -0.39 is 29.3 Å². The number of methoxy groups -OCH3 is 1. The molecule has 2 aromatic heterocycles. The summed E-state index contributed by atoms with van der Waals surface area (Å²) < 4.78 is 15.3. The van der Waals surface area contributed by atoms with E-state index in [1.54, 1.807) is 38.1 Å². The molecule has 2 heterocycles. The number of nitrogens with one attached hydrogen (secondary N) is 1. The molecule has 1 aromatic carbocycles. The maximum Gasteiger partial charge on any atom is 0.375 e. The Kier molecular flexibility index (Phi) is 5.36. The number of ether oxygens (including phenoxy) is 2. The van der Waals surface area contributed by atoms with Gasteiger partial charge in [0, 0.05) is 11.8 Å². The average molecular weight is 397 g/mol. The van der Waals surface area contributed by atoms with Gasteiger partial charge in [0.25, 0.3) is 0 Å². The number of fused-ring (bicyclic) bond motifs is 1. The summed E-state index contributed by atoms with van der Waals surface area (Å²) in [5.74, 6) is -2.35. The molecule has 0 saturated carbocycles. The van der Waals surface area contributed by atoms with Crippen molar-refractivity contribution in [3.8, 4) is 0 Å². The third-order valence-corrected chi connectivity index (χ3v) is 4.56. The van der Waals surface area contributed by atoms with Crippen molar-refractivity contribution in [2.24, 2.45) is 0 Å². The Bertz CT molecular complexity index is 1190. The molecular formula is C21H19NO7. The lowest BCUT2D eigenvalue weighted by atomic mass is 10.1. The van der Waals surface area contributed by atoms with Gasteiger partial charge in [0.1, 0.15) is 5.58 Å². The smallest absolute Gasteiger partial charge is 0.375 e. The predicted molar refractivity (Wildman–Crippen MR) is 103 cm³/mol. The summed E-state index contributed by atoms with van der Waals surface area (Å²) in [6, 6.07) is 7.52.